The Hall–Kier alpha value is -1.29. The topological polar surface area (TPSA) is 46.5 Å². The third-order valence-electron chi connectivity index (χ3n) is 2.23. The molecule has 0 aliphatic rings. The van der Waals surface area contributed by atoms with Gasteiger partial charge in [-0.2, -0.15) is 5.10 Å². The number of H-pyrrole nitrogens is 1. The normalized spacial score (nSPS) is 10.9. The summed E-state index contributed by atoms with van der Waals surface area (Å²) in [5.41, 5.74) is 3.10. The zero-order valence-electron chi connectivity index (χ0n) is 8.79. The monoisotopic (exact) mass is 224 g/mol. The van der Waals surface area contributed by atoms with Crippen LogP contribution in [0.4, 0.5) is 0 Å². The first-order valence-corrected chi connectivity index (χ1v) is 5.32. The highest BCUT2D eigenvalue weighted by Crippen LogP contribution is 2.06. The first-order chi connectivity index (χ1) is 7.19. The lowest BCUT2D eigenvalue weighted by molar-refractivity contribution is 0.636. The number of aromatic amines is 1. The first kappa shape index (κ1) is 10.2. The van der Waals surface area contributed by atoms with E-state index in [-0.39, 0.29) is 0 Å². The number of nitrogens with zero attached hydrogens (tertiary/aromatic N) is 3. The molecule has 0 amide bonds. The predicted octanol–water partition coefficient (Wildman–Crippen LogP) is 2.01. The Morgan fingerprint density at radius 3 is 2.80 bits per heavy atom. The molecule has 0 fully saturated rings. The van der Waals surface area contributed by atoms with Gasteiger partial charge in [0.15, 0.2) is 0 Å². The van der Waals surface area contributed by atoms with Gasteiger partial charge in [-0.15, -0.1) is 11.6 Å². The van der Waals surface area contributed by atoms with Gasteiger partial charge in [0.25, 0.3) is 0 Å². The van der Waals surface area contributed by atoms with E-state index < -0.39 is 0 Å². The Morgan fingerprint density at radius 1 is 1.47 bits per heavy atom. The van der Waals surface area contributed by atoms with E-state index >= 15 is 0 Å². The lowest BCUT2D eigenvalue weighted by Gasteiger charge is -2.00. The molecule has 0 spiro atoms. The highest BCUT2D eigenvalue weighted by atomic mass is 35.5. The van der Waals surface area contributed by atoms with Gasteiger partial charge < -0.3 is 4.98 Å². The number of hydrogen-bond acceptors (Lipinski definition) is 2. The largest absolute Gasteiger partial charge is 0.343 e. The average molecular weight is 225 g/mol. The molecule has 0 bridgehead atoms. The number of hydrogen-bond donors (Lipinski definition) is 1. The number of aryl methyl sites for hydroxylation is 2. The van der Waals surface area contributed by atoms with Crippen LogP contribution in [0, 0.1) is 13.8 Å². The van der Waals surface area contributed by atoms with Crippen LogP contribution in [0.3, 0.4) is 0 Å². The summed E-state index contributed by atoms with van der Waals surface area (Å²) >= 11 is 5.68. The molecular formula is C10H13ClN4. The highest BCUT2D eigenvalue weighted by Gasteiger charge is 2.04. The lowest BCUT2D eigenvalue weighted by atomic mass is 10.4. The van der Waals surface area contributed by atoms with Crippen molar-refractivity contribution in [3.63, 3.8) is 0 Å². The van der Waals surface area contributed by atoms with Crippen LogP contribution in [0.2, 0.25) is 0 Å². The first-order valence-electron chi connectivity index (χ1n) is 4.79. The number of nitrogens with one attached hydrogen (secondary N) is 1. The van der Waals surface area contributed by atoms with E-state index in [1.807, 2.05) is 24.6 Å². The maximum absolute atomic E-state index is 5.68. The van der Waals surface area contributed by atoms with Crippen molar-refractivity contribution in [2.75, 3.05) is 0 Å². The molecule has 0 unspecified atom stereocenters. The molecule has 2 rings (SSSR count). The molecule has 0 aliphatic heterocycles. The Balaban J connectivity index is 2.17. The van der Waals surface area contributed by atoms with Gasteiger partial charge in [-0.3, -0.25) is 4.68 Å². The van der Waals surface area contributed by atoms with Crippen molar-refractivity contribution in [3.8, 4) is 0 Å². The number of rotatable bonds is 3. The molecule has 2 aromatic rings. The van der Waals surface area contributed by atoms with Crippen molar-refractivity contribution in [2.45, 2.75) is 26.3 Å². The second-order valence-electron chi connectivity index (χ2n) is 3.57. The van der Waals surface area contributed by atoms with E-state index in [9.17, 15) is 0 Å². The zero-order chi connectivity index (χ0) is 10.8. The number of aromatic nitrogens is 4. The fourth-order valence-electron chi connectivity index (χ4n) is 1.53. The van der Waals surface area contributed by atoms with E-state index in [0.717, 1.165) is 22.9 Å². The van der Waals surface area contributed by atoms with E-state index in [0.29, 0.717) is 12.4 Å². The van der Waals surface area contributed by atoms with E-state index in [4.69, 9.17) is 11.6 Å². The molecule has 0 aromatic carbocycles. The summed E-state index contributed by atoms with van der Waals surface area (Å²) in [6.07, 6.45) is 1.76. The van der Waals surface area contributed by atoms with Crippen LogP contribution >= 0.6 is 11.6 Å². The van der Waals surface area contributed by atoms with Crippen molar-refractivity contribution < 1.29 is 0 Å². The SMILES string of the molecule is Cc1cc(C)n(Cc2ncc(CCl)[nH]2)n1. The molecule has 4 nitrogen and oxygen atoms in total. The molecule has 0 atom stereocenters. The highest BCUT2D eigenvalue weighted by molar-refractivity contribution is 6.16. The van der Waals surface area contributed by atoms with Gasteiger partial charge in [-0.05, 0) is 19.9 Å². The third-order valence-corrected chi connectivity index (χ3v) is 2.52. The standard InChI is InChI=1S/C10H13ClN4/c1-7-3-8(2)15(14-7)6-10-12-5-9(4-11)13-10/h3,5H,4,6H2,1-2H3,(H,12,13). The molecule has 2 heterocycles. The van der Waals surface area contributed by atoms with Crippen LogP contribution in [0.1, 0.15) is 22.9 Å². The van der Waals surface area contributed by atoms with Crippen LogP contribution in [0.5, 0.6) is 0 Å². The van der Waals surface area contributed by atoms with Crippen LogP contribution in [-0.4, -0.2) is 19.7 Å². The number of imidazole rings is 1. The van der Waals surface area contributed by atoms with Gasteiger partial charge in [-0.25, -0.2) is 4.98 Å². The summed E-state index contributed by atoms with van der Waals surface area (Å²) in [6, 6.07) is 2.05. The lowest BCUT2D eigenvalue weighted by Crippen LogP contribution is -2.05. The van der Waals surface area contributed by atoms with Gasteiger partial charge in [0.2, 0.25) is 0 Å². The van der Waals surface area contributed by atoms with Crippen molar-refractivity contribution in [1.82, 2.24) is 19.7 Å². The second-order valence-corrected chi connectivity index (χ2v) is 3.84. The Labute approximate surface area is 93.3 Å². The van der Waals surface area contributed by atoms with Gasteiger partial charge in [0.05, 0.1) is 18.1 Å². The van der Waals surface area contributed by atoms with E-state index in [1.54, 1.807) is 6.20 Å². The van der Waals surface area contributed by atoms with Crippen molar-refractivity contribution in [3.05, 3.63) is 35.2 Å². The van der Waals surface area contributed by atoms with E-state index in [2.05, 4.69) is 15.1 Å². The molecule has 0 saturated carbocycles. The minimum atomic E-state index is 0.462. The van der Waals surface area contributed by atoms with Gasteiger partial charge in [0.1, 0.15) is 5.82 Å². The summed E-state index contributed by atoms with van der Waals surface area (Å²) in [6.45, 7) is 4.68. The third kappa shape index (κ3) is 2.21. The van der Waals surface area contributed by atoms with Gasteiger partial charge in [0, 0.05) is 17.6 Å². The smallest absolute Gasteiger partial charge is 0.128 e. The van der Waals surface area contributed by atoms with Crippen LogP contribution in [0.25, 0.3) is 0 Å². The molecule has 1 N–H and O–H groups in total. The Kier molecular flexibility index (Phi) is 2.77. The molecule has 15 heavy (non-hydrogen) atoms. The molecule has 5 heteroatoms. The molecule has 0 saturated heterocycles. The van der Waals surface area contributed by atoms with Crippen LogP contribution < -0.4 is 0 Å². The summed E-state index contributed by atoms with van der Waals surface area (Å²) in [5, 5.41) is 4.36. The van der Waals surface area contributed by atoms with Crippen LogP contribution in [0.15, 0.2) is 12.3 Å². The van der Waals surface area contributed by atoms with E-state index in [1.165, 1.54) is 0 Å². The second kappa shape index (κ2) is 4.06. The number of alkyl halides is 1. The molecule has 80 valence electrons. The molecule has 0 radical (unpaired) electrons. The quantitative estimate of drug-likeness (QED) is 0.811. The summed E-state index contributed by atoms with van der Waals surface area (Å²) in [5.74, 6) is 1.35. The summed E-state index contributed by atoms with van der Waals surface area (Å²) < 4.78 is 1.92. The van der Waals surface area contributed by atoms with Gasteiger partial charge in [-0.1, -0.05) is 0 Å². The predicted molar refractivity (Wildman–Crippen MR) is 58.9 cm³/mol. The zero-order valence-corrected chi connectivity index (χ0v) is 9.54. The number of halogens is 1. The minimum Gasteiger partial charge on any atom is -0.343 e. The maximum Gasteiger partial charge on any atom is 0.128 e. The average Bonchev–Trinajstić information content (AvgIpc) is 2.75. The van der Waals surface area contributed by atoms with Crippen molar-refractivity contribution in [2.24, 2.45) is 0 Å². The molecule has 2 aromatic heterocycles. The van der Waals surface area contributed by atoms with Crippen molar-refractivity contribution >= 4 is 11.6 Å². The van der Waals surface area contributed by atoms with Crippen LogP contribution in [-0.2, 0) is 12.4 Å². The minimum absolute atomic E-state index is 0.462. The molecule has 0 aliphatic carbocycles. The van der Waals surface area contributed by atoms with Crippen molar-refractivity contribution in [1.29, 1.82) is 0 Å². The summed E-state index contributed by atoms with van der Waals surface area (Å²) in [4.78, 5) is 7.38. The maximum atomic E-state index is 5.68. The Bertz CT molecular complexity index is 458. The molecular weight excluding hydrogens is 212 g/mol. The fourth-order valence-corrected chi connectivity index (χ4v) is 1.67. The van der Waals surface area contributed by atoms with Gasteiger partial charge >= 0.3 is 0 Å². The Morgan fingerprint density at radius 2 is 2.27 bits per heavy atom. The summed E-state index contributed by atoms with van der Waals surface area (Å²) in [7, 11) is 0. The fraction of sp³-hybridized carbons (Fsp3) is 0.400.